The van der Waals surface area contributed by atoms with Gasteiger partial charge in [-0.2, -0.15) is 0 Å². The molecule has 4 heteroatoms. The summed E-state index contributed by atoms with van der Waals surface area (Å²) in [5.41, 5.74) is 0. The van der Waals surface area contributed by atoms with Crippen LogP contribution in [0.15, 0.2) is 0 Å². The normalized spacial score (nSPS) is 10.8. The first-order chi connectivity index (χ1) is 4.35. The average Bonchev–Trinajstić information content (AvgIpc) is 1.88. The molecular weight excluding hydrogens is 135 g/mol. The molecule has 0 heterocycles. The van der Waals surface area contributed by atoms with Crippen LogP contribution in [0, 0.1) is 0 Å². The van der Waals surface area contributed by atoms with E-state index in [0.29, 0.717) is 13.2 Å². The van der Waals surface area contributed by atoms with Crippen molar-refractivity contribution < 1.29 is 13.3 Å². The van der Waals surface area contributed by atoms with E-state index in [1.54, 1.807) is 0 Å². The fourth-order valence-electron chi connectivity index (χ4n) is 0.399. The summed E-state index contributed by atoms with van der Waals surface area (Å²) in [6, 6.07) is 0. The van der Waals surface area contributed by atoms with Crippen LogP contribution in [0.5, 0.6) is 0 Å². The summed E-state index contributed by atoms with van der Waals surface area (Å²) in [4.78, 5) is 0. The van der Waals surface area contributed by atoms with Gasteiger partial charge >= 0.3 is 63.4 Å². The van der Waals surface area contributed by atoms with Crippen molar-refractivity contribution in [3.05, 3.63) is 0 Å². The van der Waals surface area contributed by atoms with E-state index in [4.69, 9.17) is 13.3 Å². The van der Waals surface area contributed by atoms with Crippen molar-refractivity contribution in [2.45, 2.75) is 20.3 Å². The van der Waals surface area contributed by atoms with Gasteiger partial charge in [0.1, 0.15) is 0 Å². The first kappa shape index (κ1) is 9.41. The Bertz CT molecular complexity index is 54.2. The second kappa shape index (κ2) is 6.53. The number of hydrogen-bond donors (Lipinski definition) is 0. The summed E-state index contributed by atoms with van der Waals surface area (Å²) < 4.78 is 14.6. The molecule has 0 aromatic heterocycles. The predicted octanol–water partition coefficient (Wildman–Crippen LogP) is 0.443. The van der Waals surface area contributed by atoms with Gasteiger partial charge in [0.2, 0.25) is 0 Å². The van der Waals surface area contributed by atoms with E-state index in [-0.39, 0.29) is 0 Å². The van der Waals surface area contributed by atoms with E-state index in [2.05, 4.69) is 16.6 Å². The fraction of sp³-hybridized carbons (Fsp3) is 1.00. The molecule has 3 nitrogen and oxygen atoms in total. The van der Waals surface area contributed by atoms with Gasteiger partial charge in [0, 0.05) is 0 Å². The van der Waals surface area contributed by atoms with Crippen LogP contribution in [0.2, 0.25) is 0 Å². The van der Waals surface area contributed by atoms with Gasteiger partial charge in [-0.1, -0.05) is 0 Å². The summed E-state index contributed by atoms with van der Waals surface area (Å²) in [5, 5.41) is 0. The number of rotatable bonds is 5. The van der Waals surface area contributed by atoms with Gasteiger partial charge in [0.15, 0.2) is 0 Å². The van der Waals surface area contributed by atoms with Gasteiger partial charge in [-0.25, -0.2) is 0 Å². The molecule has 0 N–H and O–H groups in total. The fourth-order valence-corrected chi connectivity index (χ4v) is 0.556. The van der Waals surface area contributed by atoms with Crippen LogP contribution in [0.1, 0.15) is 13.8 Å². The van der Waals surface area contributed by atoms with E-state index in [9.17, 15) is 0 Å². The minimum atomic E-state index is -0.523. The van der Waals surface area contributed by atoms with Gasteiger partial charge < -0.3 is 0 Å². The van der Waals surface area contributed by atoms with Crippen LogP contribution < -0.4 is 0 Å². The zero-order valence-corrected chi connectivity index (χ0v) is 6.95. The third kappa shape index (κ3) is 4.89. The molecule has 0 saturated carbocycles. The van der Waals surface area contributed by atoms with Gasteiger partial charge in [0.25, 0.3) is 0 Å². The molecule has 0 aromatic carbocycles. The molecule has 0 saturated heterocycles. The minimum absolute atomic E-state index is 0.523. The summed E-state index contributed by atoms with van der Waals surface area (Å²) in [6.45, 7) is 4.44. The molecular formula is C5H11AlO3+2. The molecule has 0 amide bonds. The number of hydrogen-bond acceptors (Lipinski definition) is 3. The molecule has 0 spiro atoms. The van der Waals surface area contributed by atoms with Crippen LogP contribution in [0.25, 0.3) is 0 Å². The second-order valence-electron chi connectivity index (χ2n) is 1.34. The molecule has 0 fully saturated rings. The standard InChI is InChI=1S/C5H11O3.Al/c1-3-7-5(6)8-4-2;/h5H,3-4H2,1-2H3;/q-1;+3. The van der Waals surface area contributed by atoms with Crippen LogP contribution in [0.3, 0.4) is 0 Å². The second-order valence-corrected chi connectivity index (χ2v) is 1.61. The van der Waals surface area contributed by atoms with Crippen molar-refractivity contribution in [1.82, 2.24) is 0 Å². The van der Waals surface area contributed by atoms with E-state index in [1.165, 1.54) is 0 Å². The molecule has 0 rings (SSSR count). The molecule has 0 aliphatic rings. The van der Waals surface area contributed by atoms with Gasteiger partial charge in [-0.05, 0) is 0 Å². The molecule has 0 atom stereocenters. The van der Waals surface area contributed by atoms with Crippen LogP contribution in [-0.2, 0) is 13.3 Å². The molecule has 0 radical (unpaired) electrons. The van der Waals surface area contributed by atoms with E-state index in [1.807, 2.05) is 13.8 Å². The monoisotopic (exact) mass is 146 g/mol. The SMILES string of the molecule is CCOC([O][Al+2])OCC. The third-order valence-electron chi connectivity index (χ3n) is 0.717. The van der Waals surface area contributed by atoms with Crippen LogP contribution in [-0.4, -0.2) is 36.3 Å². The molecule has 0 aliphatic carbocycles. The molecule has 9 heavy (non-hydrogen) atoms. The van der Waals surface area contributed by atoms with Crippen molar-refractivity contribution in [2.24, 2.45) is 0 Å². The Hall–Kier alpha value is 0.412. The Kier molecular flexibility index (Phi) is 6.83. The maximum atomic E-state index is 4.97. The predicted molar refractivity (Wildman–Crippen MR) is 33.9 cm³/mol. The zero-order chi connectivity index (χ0) is 7.11. The quantitative estimate of drug-likeness (QED) is 0.416. The van der Waals surface area contributed by atoms with E-state index < -0.39 is 6.48 Å². The summed E-state index contributed by atoms with van der Waals surface area (Å²) in [5.74, 6) is 0. The Balaban J connectivity index is 3.18. The molecule has 0 unspecified atom stereocenters. The van der Waals surface area contributed by atoms with Gasteiger partial charge in [-0.15, -0.1) is 0 Å². The first-order valence-corrected chi connectivity index (χ1v) is 3.41. The third-order valence-corrected chi connectivity index (χ3v) is 0.939. The van der Waals surface area contributed by atoms with Crippen molar-refractivity contribution in [2.75, 3.05) is 13.2 Å². The van der Waals surface area contributed by atoms with Crippen LogP contribution in [0.4, 0.5) is 0 Å². The average molecular weight is 146 g/mol. The maximum absolute atomic E-state index is 4.97. The van der Waals surface area contributed by atoms with E-state index in [0.717, 1.165) is 0 Å². The van der Waals surface area contributed by atoms with E-state index >= 15 is 0 Å². The van der Waals surface area contributed by atoms with Crippen molar-refractivity contribution in [3.8, 4) is 0 Å². The zero-order valence-electron chi connectivity index (χ0n) is 5.79. The first-order valence-electron chi connectivity index (χ1n) is 2.93. The Labute approximate surface area is 64.0 Å². The van der Waals surface area contributed by atoms with Crippen LogP contribution >= 0.6 is 0 Å². The Morgan fingerprint density at radius 3 is 1.89 bits per heavy atom. The van der Waals surface area contributed by atoms with Crippen molar-refractivity contribution >= 4 is 16.6 Å². The summed E-state index contributed by atoms with van der Waals surface area (Å²) in [7, 11) is 0. The summed E-state index contributed by atoms with van der Waals surface area (Å²) >= 11 is 2.09. The molecule has 0 aliphatic heterocycles. The summed E-state index contributed by atoms with van der Waals surface area (Å²) in [6.07, 6.45) is 0. The number of ether oxygens (including phenoxy) is 2. The topological polar surface area (TPSA) is 27.7 Å². The Morgan fingerprint density at radius 1 is 1.22 bits per heavy atom. The Morgan fingerprint density at radius 2 is 1.67 bits per heavy atom. The molecule has 0 bridgehead atoms. The van der Waals surface area contributed by atoms with Crippen molar-refractivity contribution in [3.63, 3.8) is 0 Å². The van der Waals surface area contributed by atoms with Crippen molar-refractivity contribution in [1.29, 1.82) is 0 Å². The van der Waals surface area contributed by atoms with Gasteiger partial charge in [-0.3, -0.25) is 0 Å². The van der Waals surface area contributed by atoms with Gasteiger partial charge in [0.05, 0.1) is 0 Å². The molecule has 0 aromatic rings. The molecule has 50 valence electrons.